The van der Waals surface area contributed by atoms with Crippen LogP contribution < -0.4 is 0 Å². The monoisotopic (exact) mass is 1440 g/mol. The number of aliphatic hydroxyl groups excluding tert-OH is 1. The van der Waals surface area contributed by atoms with Gasteiger partial charge in [0.25, 0.3) is 0 Å². The maximum Gasteiger partial charge on any atom is 0.472 e. The van der Waals surface area contributed by atoms with Gasteiger partial charge in [-0.1, -0.05) is 363 Å². The molecule has 0 aliphatic rings. The van der Waals surface area contributed by atoms with Crippen molar-refractivity contribution in [2.75, 3.05) is 39.6 Å². The van der Waals surface area contributed by atoms with Crippen LogP contribution in [0.4, 0.5) is 0 Å². The summed E-state index contributed by atoms with van der Waals surface area (Å²) in [6.07, 6.45) is 59.8. The molecule has 0 aliphatic carbocycles. The Morgan fingerprint density at radius 2 is 0.520 bits per heavy atom. The molecule has 0 aromatic rings. The highest BCUT2D eigenvalue weighted by Crippen LogP contribution is 2.45. The highest BCUT2D eigenvalue weighted by Gasteiger charge is 2.30. The molecule has 17 nitrogen and oxygen atoms in total. The molecule has 0 spiro atoms. The third-order valence-corrected chi connectivity index (χ3v) is 20.7. The van der Waals surface area contributed by atoms with Crippen LogP contribution in [0.25, 0.3) is 0 Å². The van der Waals surface area contributed by atoms with Crippen molar-refractivity contribution in [3.05, 3.63) is 0 Å². The van der Waals surface area contributed by atoms with Gasteiger partial charge < -0.3 is 33.8 Å². The molecule has 0 fully saturated rings. The number of carbonyl (C=O) groups is 4. The van der Waals surface area contributed by atoms with Gasteiger partial charge >= 0.3 is 39.5 Å². The van der Waals surface area contributed by atoms with Crippen molar-refractivity contribution in [2.24, 2.45) is 11.8 Å². The van der Waals surface area contributed by atoms with Crippen molar-refractivity contribution in [1.29, 1.82) is 0 Å². The summed E-state index contributed by atoms with van der Waals surface area (Å²) in [5.41, 5.74) is 0. The van der Waals surface area contributed by atoms with Crippen molar-refractivity contribution < 1.29 is 80.2 Å². The van der Waals surface area contributed by atoms with Gasteiger partial charge in [0.05, 0.1) is 26.4 Å². The lowest BCUT2D eigenvalue weighted by Crippen LogP contribution is -2.30. The molecule has 3 N–H and O–H groups in total. The Morgan fingerprint density at radius 1 is 0.296 bits per heavy atom. The van der Waals surface area contributed by atoms with Crippen LogP contribution in [0.5, 0.6) is 0 Å². The van der Waals surface area contributed by atoms with E-state index < -0.39 is 97.5 Å². The van der Waals surface area contributed by atoms with Gasteiger partial charge in [0.15, 0.2) is 12.2 Å². The molecule has 0 rings (SSSR count). The normalized spacial score (nSPS) is 14.2. The summed E-state index contributed by atoms with van der Waals surface area (Å²) >= 11 is 0. The second-order valence-electron chi connectivity index (χ2n) is 29.2. The molecule has 3 unspecified atom stereocenters. The number of unbranched alkanes of at least 4 members (excludes halogenated alkanes) is 47. The number of hydrogen-bond donors (Lipinski definition) is 3. The smallest absolute Gasteiger partial charge is 0.462 e. The molecule has 0 heterocycles. The number of carbonyl (C=O) groups excluding carboxylic acids is 4. The summed E-state index contributed by atoms with van der Waals surface area (Å²) < 4.78 is 68.5. The highest BCUT2D eigenvalue weighted by atomic mass is 31.2. The molecular weight excluding hydrogens is 1280 g/mol. The zero-order chi connectivity index (χ0) is 72.1. The van der Waals surface area contributed by atoms with Crippen molar-refractivity contribution in [2.45, 2.75) is 432 Å². The van der Waals surface area contributed by atoms with E-state index in [0.29, 0.717) is 25.7 Å². The first-order valence-corrected chi connectivity index (χ1v) is 44.0. The second-order valence-corrected chi connectivity index (χ2v) is 32.1. The topological polar surface area (TPSA) is 237 Å². The Labute approximate surface area is 600 Å². The van der Waals surface area contributed by atoms with Gasteiger partial charge in [-0.3, -0.25) is 37.3 Å². The number of esters is 4. The molecule has 0 aromatic heterocycles. The Hall–Kier alpha value is -1.94. The number of ether oxygens (including phenoxy) is 4. The van der Waals surface area contributed by atoms with Crippen molar-refractivity contribution >= 4 is 39.5 Å². The SMILES string of the molecule is CCCCCCCCCCCCCCCC(=O)O[C@H](COC(=O)CCCCCCCCC)COP(=O)(O)OC[C@H](O)COP(=O)(O)OC[C@@H](COC(=O)CCCCCCCCCCCCCCCC(C)C)OC(=O)CCCCCCCCCCCCCCCCCCCCC(C)CC. The lowest BCUT2D eigenvalue weighted by molar-refractivity contribution is -0.161. The Kier molecular flexibility index (Phi) is 69.3. The lowest BCUT2D eigenvalue weighted by atomic mass is 9.99. The van der Waals surface area contributed by atoms with E-state index >= 15 is 0 Å². The van der Waals surface area contributed by atoms with Gasteiger partial charge in [0.2, 0.25) is 0 Å². The van der Waals surface area contributed by atoms with E-state index in [0.717, 1.165) is 115 Å². The van der Waals surface area contributed by atoms with Gasteiger partial charge in [-0.05, 0) is 37.5 Å². The fraction of sp³-hybridized carbons (Fsp3) is 0.949. The van der Waals surface area contributed by atoms with Gasteiger partial charge in [0.1, 0.15) is 19.3 Å². The summed E-state index contributed by atoms with van der Waals surface area (Å²) in [4.78, 5) is 72.8. The number of phosphoric ester groups is 2. The summed E-state index contributed by atoms with van der Waals surface area (Å²) in [6, 6.07) is 0. The quantitative estimate of drug-likeness (QED) is 0.0222. The standard InChI is InChI=1S/C79H154O17P2/c1-7-10-12-14-16-17-18-26-34-39-45-51-57-63-78(83)95-74(67-89-76(81)61-55-49-41-15-13-11-8-2)69-93-97(85,86)91-65-73(80)66-92-98(87,88)94-70-75(68-90-77(82)62-56-50-44-38-33-30-25-27-31-36-42-47-53-59-71(4)5)96-79(84)64-58-52-46-40-35-29-24-22-20-19-21-23-28-32-37-43-48-54-60-72(6)9-3/h71-75,80H,7-70H2,1-6H3,(H,85,86)(H,87,88)/t72?,73-,74+,75+/m0/s1. The van der Waals surface area contributed by atoms with Gasteiger partial charge in [0, 0.05) is 25.7 Å². The molecule has 0 saturated carbocycles. The summed E-state index contributed by atoms with van der Waals surface area (Å²) in [5.74, 6) is -0.453. The molecule has 0 bridgehead atoms. The lowest BCUT2D eigenvalue weighted by Gasteiger charge is -2.21. The van der Waals surface area contributed by atoms with E-state index in [-0.39, 0.29) is 25.7 Å². The Morgan fingerprint density at radius 3 is 0.776 bits per heavy atom. The van der Waals surface area contributed by atoms with Gasteiger partial charge in [-0.25, -0.2) is 9.13 Å². The summed E-state index contributed by atoms with van der Waals surface area (Å²) in [6.45, 7) is 9.66. The van der Waals surface area contributed by atoms with E-state index in [1.807, 2.05) is 0 Å². The van der Waals surface area contributed by atoms with E-state index in [1.54, 1.807) is 0 Å². The van der Waals surface area contributed by atoms with Crippen LogP contribution in [0, 0.1) is 11.8 Å². The van der Waals surface area contributed by atoms with Crippen LogP contribution in [0.1, 0.15) is 414 Å². The number of aliphatic hydroxyl groups is 1. The Bertz CT molecular complexity index is 1890. The molecule has 0 aliphatic heterocycles. The van der Waals surface area contributed by atoms with Crippen LogP contribution >= 0.6 is 15.6 Å². The van der Waals surface area contributed by atoms with E-state index in [1.165, 1.54) is 218 Å². The maximum atomic E-state index is 13.1. The van der Waals surface area contributed by atoms with Crippen molar-refractivity contribution in [1.82, 2.24) is 0 Å². The summed E-state index contributed by atoms with van der Waals surface area (Å²) in [7, 11) is -9.91. The molecule has 0 saturated heterocycles. The minimum atomic E-state index is -4.96. The van der Waals surface area contributed by atoms with Crippen LogP contribution in [0.3, 0.4) is 0 Å². The number of hydrogen-bond acceptors (Lipinski definition) is 15. The zero-order valence-corrected chi connectivity index (χ0v) is 65.9. The van der Waals surface area contributed by atoms with Crippen LogP contribution in [-0.2, 0) is 65.4 Å². The summed E-state index contributed by atoms with van der Waals surface area (Å²) in [5, 5.41) is 10.6. The molecule has 19 heteroatoms. The predicted octanol–water partition coefficient (Wildman–Crippen LogP) is 23.5. The first-order valence-electron chi connectivity index (χ1n) is 41.0. The van der Waals surface area contributed by atoms with Gasteiger partial charge in [-0.2, -0.15) is 0 Å². The van der Waals surface area contributed by atoms with Gasteiger partial charge in [-0.15, -0.1) is 0 Å². The molecule has 582 valence electrons. The molecular formula is C79H154O17P2. The van der Waals surface area contributed by atoms with Crippen LogP contribution in [-0.4, -0.2) is 96.7 Å². The predicted molar refractivity (Wildman–Crippen MR) is 400 cm³/mol. The minimum absolute atomic E-state index is 0.107. The molecule has 98 heavy (non-hydrogen) atoms. The molecule has 0 aromatic carbocycles. The highest BCUT2D eigenvalue weighted by molar-refractivity contribution is 7.47. The molecule has 0 radical (unpaired) electrons. The second kappa shape index (κ2) is 70.7. The van der Waals surface area contributed by atoms with Crippen LogP contribution in [0.2, 0.25) is 0 Å². The van der Waals surface area contributed by atoms with E-state index in [4.69, 9.17) is 37.0 Å². The largest absolute Gasteiger partial charge is 0.472 e. The third-order valence-electron chi connectivity index (χ3n) is 18.8. The first kappa shape index (κ1) is 96.1. The van der Waals surface area contributed by atoms with Crippen molar-refractivity contribution in [3.63, 3.8) is 0 Å². The Balaban J connectivity index is 5.16. The molecule has 6 atom stereocenters. The van der Waals surface area contributed by atoms with E-state index in [9.17, 15) is 43.2 Å². The zero-order valence-electron chi connectivity index (χ0n) is 64.1. The fourth-order valence-electron chi connectivity index (χ4n) is 12.2. The first-order chi connectivity index (χ1) is 47.4. The van der Waals surface area contributed by atoms with Crippen molar-refractivity contribution in [3.8, 4) is 0 Å². The average molecular weight is 1440 g/mol. The number of phosphoric acid groups is 2. The molecule has 0 amide bonds. The minimum Gasteiger partial charge on any atom is -0.462 e. The fourth-order valence-corrected chi connectivity index (χ4v) is 13.7. The number of rotatable bonds is 78. The maximum absolute atomic E-state index is 13.1. The van der Waals surface area contributed by atoms with E-state index in [2.05, 4.69) is 41.5 Å². The average Bonchev–Trinajstić information content (AvgIpc) is 1.03. The third kappa shape index (κ3) is 71.1. The van der Waals surface area contributed by atoms with Crippen LogP contribution in [0.15, 0.2) is 0 Å².